The Hall–Kier alpha value is -0.760. The molecule has 0 rings (SSSR count). The third kappa shape index (κ3) is 7.87. The number of nitrogens with zero attached hydrogens (tertiary/aromatic N) is 2. The molecule has 0 aromatic rings. The van der Waals surface area contributed by atoms with E-state index in [9.17, 15) is 13.2 Å². The van der Waals surface area contributed by atoms with Crippen molar-refractivity contribution >= 4 is 0 Å². The molecule has 0 aliphatic rings. The van der Waals surface area contributed by atoms with Gasteiger partial charge in [0.15, 0.2) is 0 Å². The third-order valence-corrected chi connectivity index (χ3v) is 1.86. The quantitative estimate of drug-likeness (QED) is 0.627. The maximum absolute atomic E-state index is 12.0. The van der Waals surface area contributed by atoms with Crippen LogP contribution in [-0.4, -0.2) is 30.7 Å². The third-order valence-electron chi connectivity index (χ3n) is 1.86. The molecule has 0 unspecified atom stereocenters. The zero-order valence-corrected chi connectivity index (χ0v) is 8.27. The van der Waals surface area contributed by atoms with Crippen molar-refractivity contribution in [2.75, 3.05) is 19.6 Å². The van der Waals surface area contributed by atoms with Gasteiger partial charge >= 0.3 is 6.18 Å². The molecule has 5 heteroatoms. The number of nitriles is 1. The number of rotatable bonds is 6. The van der Waals surface area contributed by atoms with Gasteiger partial charge in [-0.05, 0) is 25.9 Å². The maximum atomic E-state index is 12.0. The topological polar surface area (TPSA) is 27.0 Å². The second-order valence-corrected chi connectivity index (χ2v) is 3.10. The highest BCUT2D eigenvalue weighted by Gasteiger charge is 2.29. The minimum absolute atomic E-state index is 0.395. The summed E-state index contributed by atoms with van der Waals surface area (Å²) in [6, 6.07) is 1.97. The van der Waals surface area contributed by atoms with E-state index >= 15 is 0 Å². The first kappa shape index (κ1) is 13.2. The molecule has 0 aromatic heterocycles. The summed E-state index contributed by atoms with van der Waals surface area (Å²) < 4.78 is 35.9. The van der Waals surface area contributed by atoms with Crippen molar-refractivity contribution < 1.29 is 13.2 Å². The van der Waals surface area contributed by atoms with Crippen LogP contribution in [-0.2, 0) is 0 Å². The summed E-state index contributed by atoms with van der Waals surface area (Å²) in [5.74, 6) is 0. The monoisotopic (exact) mass is 208 g/mol. The second kappa shape index (κ2) is 6.66. The molecule has 0 spiro atoms. The van der Waals surface area contributed by atoms with Crippen molar-refractivity contribution in [3.8, 4) is 6.07 Å². The first-order chi connectivity index (χ1) is 6.49. The molecule has 0 aliphatic heterocycles. The van der Waals surface area contributed by atoms with Crippen molar-refractivity contribution in [2.24, 2.45) is 0 Å². The van der Waals surface area contributed by atoms with E-state index in [0.29, 0.717) is 32.4 Å². The van der Waals surface area contributed by atoms with E-state index in [1.165, 1.54) is 4.90 Å². The Labute approximate surface area is 82.3 Å². The molecule has 0 aliphatic carbocycles. The Morgan fingerprint density at radius 3 is 2.36 bits per heavy atom. The largest absolute Gasteiger partial charge is 0.401 e. The summed E-state index contributed by atoms with van der Waals surface area (Å²) in [5, 5.41) is 8.23. The number of hydrogen-bond donors (Lipinski definition) is 0. The van der Waals surface area contributed by atoms with Crippen LogP contribution in [0.25, 0.3) is 0 Å². The lowest BCUT2D eigenvalue weighted by Crippen LogP contribution is -2.34. The van der Waals surface area contributed by atoms with Gasteiger partial charge in [-0.15, -0.1) is 0 Å². The molecular weight excluding hydrogens is 193 g/mol. The van der Waals surface area contributed by atoms with E-state index in [1.807, 2.05) is 6.07 Å². The highest BCUT2D eigenvalue weighted by atomic mass is 19.4. The van der Waals surface area contributed by atoms with E-state index in [0.717, 1.165) is 0 Å². The summed E-state index contributed by atoms with van der Waals surface area (Å²) in [6.45, 7) is 1.66. The standard InChI is InChI=1S/C9H15F3N2/c1-2-14(8-9(10,11)12)7-5-3-4-6-13/h2-5,7-8H2,1H3. The molecular formula is C9H15F3N2. The van der Waals surface area contributed by atoms with Gasteiger partial charge in [-0.3, -0.25) is 4.90 Å². The lowest BCUT2D eigenvalue weighted by Gasteiger charge is -2.21. The summed E-state index contributed by atoms with van der Waals surface area (Å²) in [6.07, 6.45) is -2.38. The average molecular weight is 208 g/mol. The lowest BCUT2D eigenvalue weighted by molar-refractivity contribution is -0.145. The van der Waals surface area contributed by atoms with Crippen LogP contribution in [0.2, 0.25) is 0 Å². The van der Waals surface area contributed by atoms with Crippen LogP contribution in [0, 0.1) is 11.3 Å². The van der Waals surface area contributed by atoms with Crippen molar-refractivity contribution in [1.29, 1.82) is 5.26 Å². The zero-order valence-electron chi connectivity index (χ0n) is 8.27. The van der Waals surface area contributed by atoms with Gasteiger partial charge in [-0.1, -0.05) is 6.92 Å². The molecule has 0 radical (unpaired) electrons. The van der Waals surface area contributed by atoms with Gasteiger partial charge in [0.2, 0.25) is 0 Å². The predicted octanol–water partition coefficient (Wildman–Crippen LogP) is 2.56. The summed E-state index contributed by atoms with van der Waals surface area (Å²) in [7, 11) is 0. The fourth-order valence-electron chi connectivity index (χ4n) is 1.14. The molecule has 0 aromatic carbocycles. The molecule has 0 atom stereocenters. The van der Waals surface area contributed by atoms with Crippen molar-refractivity contribution in [2.45, 2.75) is 32.4 Å². The lowest BCUT2D eigenvalue weighted by atomic mass is 10.2. The fraction of sp³-hybridized carbons (Fsp3) is 0.889. The zero-order chi connectivity index (χ0) is 11.0. The Kier molecular flexibility index (Phi) is 6.30. The van der Waals surface area contributed by atoms with Crippen LogP contribution in [0.4, 0.5) is 13.2 Å². The van der Waals surface area contributed by atoms with Gasteiger partial charge in [0.25, 0.3) is 0 Å². The van der Waals surface area contributed by atoms with Crippen LogP contribution >= 0.6 is 0 Å². The number of alkyl halides is 3. The van der Waals surface area contributed by atoms with Crippen LogP contribution in [0.1, 0.15) is 26.2 Å². The normalized spacial score (nSPS) is 11.7. The maximum Gasteiger partial charge on any atom is 0.401 e. The van der Waals surface area contributed by atoms with Gasteiger partial charge in [-0.25, -0.2) is 0 Å². The summed E-state index contributed by atoms with van der Waals surface area (Å²) in [5.41, 5.74) is 0. The molecule has 14 heavy (non-hydrogen) atoms. The molecule has 0 saturated carbocycles. The minimum Gasteiger partial charge on any atom is -0.295 e. The molecule has 0 bridgehead atoms. The average Bonchev–Trinajstić information content (AvgIpc) is 2.08. The molecule has 82 valence electrons. The van der Waals surface area contributed by atoms with Crippen molar-refractivity contribution in [3.63, 3.8) is 0 Å². The summed E-state index contributed by atoms with van der Waals surface area (Å²) in [4.78, 5) is 1.34. The van der Waals surface area contributed by atoms with Crippen molar-refractivity contribution in [3.05, 3.63) is 0 Å². The minimum atomic E-state index is -4.12. The van der Waals surface area contributed by atoms with Gasteiger partial charge in [-0.2, -0.15) is 18.4 Å². The molecule has 0 N–H and O–H groups in total. The van der Waals surface area contributed by atoms with E-state index in [2.05, 4.69) is 0 Å². The van der Waals surface area contributed by atoms with E-state index in [4.69, 9.17) is 5.26 Å². The molecule has 0 fully saturated rings. The van der Waals surface area contributed by atoms with Crippen LogP contribution < -0.4 is 0 Å². The van der Waals surface area contributed by atoms with Gasteiger partial charge < -0.3 is 0 Å². The molecule has 0 amide bonds. The smallest absolute Gasteiger partial charge is 0.295 e. The SMILES string of the molecule is CCN(CCCCC#N)CC(F)(F)F. The predicted molar refractivity (Wildman–Crippen MR) is 47.6 cm³/mol. The number of unbranched alkanes of at least 4 members (excludes halogenated alkanes) is 2. The molecule has 0 heterocycles. The van der Waals surface area contributed by atoms with Crippen LogP contribution in [0.15, 0.2) is 0 Å². The van der Waals surface area contributed by atoms with E-state index < -0.39 is 12.7 Å². The first-order valence-electron chi connectivity index (χ1n) is 4.65. The fourth-order valence-corrected chi connectivity index (χ4v) is 1.14. The highest BCUT2D eigenvalue weighted by molar-refractivity contribution is 4.69. The van der Waals surface area contributed by atoms with Gasteiger partial charge in [0.05, 0.1) is 12.6 Å². The second-order valence-electron chi connectivity index (χ2n) is 3.10. The van der Waals surface area contributed by atoms with E-state index in [-0.39, 0.29) is 0 Å². The number of halogens is 3. The van der Waals surface area contributed by atoms with Crippen LogP contribution in [0.5, 0.6) is 0 Å². The van der Waals surface area contributed by atoms with Gasteiger partial charge in [0, 0.05) is 6.42 Å². The molecule has 0 saturated heterocycles. The Balaban J connectivity index is 3.65. The summed E-state index contributed by atoms with van der Waals surface area (Å²) >= 11 is 0. The van der Waals surface area contributed by atoms with E-state index in [1.54, 1.807) is 6.92 Å². The first-order valence-corrected chi connectivity index (χ1v) is 4.65. The van der Waals surface area contributed by atoms with Crippen LogP contribution in [0.3, 0.4) is 0 Å². The Morgan fingerprint density at radius 2 is 1.93 bits per heavy atom. The Morgan fingerprint density at radius 1 is 1.29 bits per heavy atom. The Bertz CT molecular complexity index is 183. The number of hydrogen-bond acceptors (Lipinski definition) is 2. The molecule has 2 nitrogen and oxygen atoms in total. The van der Waals surface area contributed by atoms with Gasteiger partial charge in [0.1, 0.15) is 0 Å². The van der Waals surface area contributed by atoms with Crippen molar-refractivity contribution in [1.82, 2.24) is 4.90 Å². The highest BCUT2D eigenvalue weighted by Crippen LogP contribution is 2.16.